The number of amides is 2. The molecule has 112 valence electrons. The van der Waals surface area contributed by atoms with Crippen molar-refractivity contribution < 1.29 is 14.1 Å². The minimum atomic E-state index is -0.361. The normalized spacial score (nSPS) is 10.2. The van der Waals surface area contributed by atoms with E-state index in [-0.39, 0.29) is 12.6 Å². The summed E-state index contributed by atoms with van der Waals surface area (Å²) < 4.78 is 10.3. The van der Waals surface area contributed by atoms with Crippen molar-refractivity contribution in [3.8, 4) is 5.88 Å². The summed E-state index contributed by atoms with van der Waals surface area (Å²) in [5.74, 6) is 0.895. The number of hydrogen-bond donors (Lipinski definition) is 2. The lowest BCUT2D eigenvalue weighted by Crippen LogP contribution is -2.32. The molecule has 2 aromatic rings. The molecule has 2 aromatic heterocycles. The van der Waals surface area contributed by atoms with Crippen molar-refractivity contribution in [2.75, 3.05) is 18.5 Å². The number of carbonyl (C=O) groups excluding carboxylic acids is 1. The molecule has 0 aromatic carbocycles. The molecule has 0 spiro atoms. The minimum absolute atomic E-state index is 0.256. The predicted molar refractivity (Wildman–Crippen MR) is 77.7 cm³/mol. The van der Waals surface area contributed by atoms with Gasteiger partial charge in [-0.2, -0.15) is 0 Å². The van der Waals surface area contributed by atoms with Crippen LogP contribution in [0.4, 0.5) is 10.5 Å². The average Bonchev–Trinajstić information content (AvgIpc) is 2.77. The van der Waals surface area contributed by atoms with Gasteiger partial charge in [-0.05, 0) is 26.0 Å². The van der Waals surface area contributed by atoms with Crippen LogP contribution in [0.5, 0.6) is 5.88 Å². The SMILES string of the molecule is Cc1noc(C)c1NC(=O)NCCOc1ncccc1Cl. The van der Waals surface area contributed by atoms with Gasteiger partial charge in [-0.15, -0.1) is 0 Å². The Bertz CT molecular complexity index is 610. The van der Waals surface area contributed by atoms with Gasteiger partial charge in [0.25, 0.3) is 0 Å². The number of halogens is 1. The van der Waals surface area contributed by atoms with E-state index >= 15 is 0 Å². The maximum absolute atomic E-state index is 11.7. The van der Waals surface area contributed by atoms with Gasteiger partial charge in [-0.1, -0.05) is 16.8 Å². The molecule has 7 nitrogen and oxygen atoms in total. The van der Waals surface area contributed by atoms with Gasteiger partial charge < -0.3 is 19.9 Å². The van der Waals surface area contributed by atoms with Crippen LogP contribution in [0.1, 0.15) is 11.5 Å². The number of pyridine rings is 1. The van der Waals surface area contributed by atoms with Gasteiger partial charge in [0.1, 0.15) is 23.0 Å². The van der Waals surface area contributed by atoms with E-state index in [1.54, 1.807) is 32.2 Å². The fourth-order valence-corrected chi connectivity index (χ4v) is 1.78. The number of anilines is 1. The van der Waals surface area contributed by atoms with Crippen LogP contribution in [0.2, 0.25) is 5.02 Å². The monoisotopic (exact) mass is 310 g/mol. The van der Waals surface area contributed by atoms with Crippen molar-refractivity contribution >= 4 is 23.3 Å². The van der Waals surface area contributed by atoms with Crippen LogP contribution in [0.25, 0.3) is 0 Å². The highest BCUT2D eigenvalue weighted by molar-refractivity contribution is 6.31. The maximum Gasteiger partial charge on any atom is 0.319 e. The number of carbonyl (C=O) groups is 1. The molecule has 2 rings (SSSR count). The second-order valence-corrected chi connectivity index (χ2v) is 4.63. The Kier molecular flexibility index (Phi) is 4.99. The van der Waals surface area contributed by atoms with Crippen molar-refractivity contribution in [2.45, 2.75) is 13.8 Å². The number of nitrogens with one attached hydrogen (secondary N) is 2. The predicted octanol–water partition coefficient (Wildman–Crippen LogP) is 2.54. The second kappa shape index (κ2) is 6.94. The lowest BCUT2D eigenvalue weighted by atomic mass is 10.3. The van der Waals surface area contributed by atoms with Gasteiger partial charge in [-0.3, -0.25) is 0 Å². The smallest absolute Gasteiger partial charge is 0.319 e. The Morgan fingerprint density at radius 1 is 1.48 bits per heavy atom. The van der Waals surface area contributed by atoms with Gasteiger partial charge in [0, 0.05) is 6.20 Å². The first kappa shape index (κ1) is 15.1. The van der Waals surface area contributed by atoms with E-state index in [1.165, 1.54) is 0 Å². The first-order valence-electron chi connectivity index (χ1n) is 6.29. The van der Waals surface area contributed by atoms with Gasteiger partial charge in [0.15, 0.2) is 5.76 Å². The summed E-state index contributed by atoms with van der Waals surface area (Å²) in [6.45, 7) is 4.04. The molecule has 0 fully saturated rings. The van der Waals surface area contributed by atoms with Crippen LogP contribution < -0.4 is 15.4 Å². The number of aromatic nitrogens is 2. The lowest BCUT2D eigenvalue weighted by Gasteiger charge is -2.08. The summed E-state index contributed by atoms with van der Waals surface area (Å²) >= 11 is 5.89. The number of aryl methyl sites for hydroxylation is 2. The van der Waals surface area contributed by atoms with E-state index in [0.717, 1.165) is 0 Å². The first-order chi connectivity index (χ1) is 10.1. The molecule has 0 unspecified atom stereocenters. The Hall–Kier alpha value is -2.28. The molecule has 0 bridgehead atoms. The number of urea groups is 1. The molecule has 21 heavy (non-hydrogen) atoms. The van der Waals surface area contributed by atoms with Crippen molar-refractivity contribution in [2.24, 2.45) is 0 Å². The topological polar surface area (TPSA) is 89.3 Å². The molecular weight excluding hydrogens is 296 g/mol. The summed E-state index contributed by atoms with van der Waals surface area (Å²) in [5, 5.41) is 9.49. The molecule has 0 aliphatic heterocycles. The number of rotatable bonds is 5. The quantitative estimate of drug-likeness (QED) is 0.828. The van der Waals surface area contributed by atoms with Crippen LogP contribution in [-0.2, 0) is 0 Å². The number of nitrogens with zero attached hydrogens (tertiary/aromatic N) is 2. The zero-order valence-electron chi connectivity index (χ0n) is 11.6. The van der Waals surface area contributed by atoms with Crippen molar-refractivity contribution in [1.29, 1.82) is 0 Å². The highest BCUT2D eigenvalue weighted by Gasteiger charge is 2.11. The molecule has 0 radical (unpaired) electrons. The van der Waals surface area contributed by atoms with Crippen LogP contribution in [0.3, 0.4) is 0 Å². The lowest BCUT2D eigenvalue weighted by molar-refractivity contribution is 0.246. The van der Waals surface area contributed by atoms with E-state index < -0.39 is 0 Å². The maximum atomic E-state index is 11.7. The summed E-state index contributed by atoms with van der Waals surface area (Å²) in [4.78, 5) is 15.7. The molecule has 2 heterocycles. The third kappa shape index (κ3) is 4.09. The largest absolute Gasteiger partial charge is 0.475 e. The van der Waals surface area contributed by atoms with Gasteiger partial charge in [0.2, 0.25) is 5.88 Å². The highest BCUT2D eigenvalue weighted by atomic mass is 35.5. The van der Waals surface area contributed by atoms with Crippen molar-refractivity contribution in [1.82, 2.24) is 15.5 Å². The Labute approximate surface area is 126 Å². The molecule has 0 saturated heterocycles. The van der Waals surface area contributed by atoms with E-state index in [1.807, 2.05) is 0 Å². The van der Waals surface area contributed by atoms with E-state index in [9.17, 15) is 4.79 Å². The van der Waals surface area contributed by atoms with Crippen molar-refractivity contribution in [3.63, 3.8) is 0 Å². The number of hydrogen-bond acceptors (Lipinski definition) is 5. The van der Waals surface area contributed by atoms with Crippen LogP contribution in [-0.4, -0.2) is 29.3 Å². The molecule has 0 atom stereocenters. The third-order valence-electron chi connectivity index (χ3n) is 2.62. The molecule has 0 aliphatic carbocycles. The Morgan fingerprint density at radius 2 is 2.29 bits per heavy atom. The van der Waals surface area contributed by atoms with Gasteiger partial charge in [0.05, 0.1) is 6.54 Å². The van der Waals surface area contributed by atoms with Crippen LogP contribution >= 0.6 is 11.6 Å². The van der Waals surface area contributed by atoms with Crippen molar-refractivity contribution in [3.05, 3.63) is 34.8 Å². The van der Waals surface area contributed by atoms with Crippen LogP contribution in [0, 0.1) is 13.8 Å². The standard InChI is InChI=1S/C13H15ClN4O3/c1-8-11(9(2)21-18-8)17-13(19)16-6-7-20-12-10(14)4-3-5-15-12/h3-5H,6-7H2,1-2H3,(H2,16,17,19). The average molecular weight is 311 g/mol. The summed E-state index contributed by atoms with van der Waals surface area (Å²) in [5.41, 5.74) is 1.19. The fraction of sp³-hybridized carbons (Fsp3) is 0.308. The molecular formula is C13H15ClN4O3. The van der Waals surface area contributed by atoms with E-state index in [0.29, 0.717) is 34.6 Å². The number of ether oxygens (including phenoxy) is 1. The Balaban J connectivity index is 1.74. The summed E-state index contributed by atoms with van der Waals surface area (Å²) in [6.07, 6.45) is 1.58. The van der Waals surface area contributed by atoms with Crippen LogP contribution in [0.15, 0.2) is 22.9 Å². The fourth-order valence-electron chi connectivity index (χ4n) is 1.61. The molecule has 8 heteroatoms. The first-order valence-corrected chi connectivity index (χ1v) is 6.66. The van der Waals surface area contributed by atoms with Gasteiger partial charge in [-0.25, -0.2) is 9.78 Å². The molecule has 2 N–H and O–H groups in total. The molecule has 0 saturated carbocycles. The second-order valence-electron chi connectivity index (χ2n) is 4.22. The minimum Gasteiger partial charge on any atom is -0.475 e. The third-order valence-corrected chi connectivity index (χ3v) is 2.91. The van der Waals surface area contributed by atoms with E-state index in [2.05, 4.69) is 20.8 Å². The molecule has 2 amide bonds. The Morgan fingerprint density at radius 3 is 2.95 bits per heavy atom. The van der Waals surface area contributed by atoms with Gasteiger partial charge >= 0.3 is 6.03 Å². The highest BCUT2D eigenvalue weighted by Crippen LogP contribution is 2.19. The zero-order chi connectivity index (χ0) is 15.2. The molecule has 0 aliphatic rings. The summed E-state index contributed by atoms with van der Waals surface area (Å²) in [7, 11) is 0. The van der Waals surface area contributed by atoms with E-state index in [4.69, 9.17) is 20.9 Å². The zero-order valence-corrected chi connectivity index (χ0v) is 12.4. The summed E-state index contributed by atoms with van der Waals surface area (Å²) in [6, 6.07) is 3.03.